The minimum atomic E-state index is -4.32. The molecule has 1 unspecified atom stereocenters. The van der Waals surface area contributed by atoms with Gasteiger partial charge >= 0.3 is 6.18 Å². The lowest BCUT2D eigenvalue weighted by atomic mass is 10.0. The van der Waals surface area contributed by atoms with Crippen LogP contribution in [0, 0.1) is 0 Å². The van der Waals surface area contributed by atoms with Gasteiger partial charge in [0.05, 0.1) is 24.0 Å². The fraction of sp³-hybridized carbons (Fsp3) is 0.444. The van der Waals surface area contributed by atoms with E-state index in [4.69, 9.17) is 0 Å². The Hall–Kier alpha value is -2.85. The molecule has 1 fully saturated rings. The first-order valence-electron chi connectivity index (χ1n) is 12.6. The number of alkyl halides is 3. The lowest BCUT2D eigenvalue weighted by Gasteiger charge is -2.31. The molecule has 1 aromatic heterocycles. The fourth-order valence-corrected chi connectivity index (χ4v) is 5.65. The summed E-state index contributed by atoms with van der Waals surface area (Å²) in [6.07, 6.45) is 0.235. The smallest absolute Gasteiger partial charge is 0.382 e. The number of thioether (sulfide) groups is 1. The number of nitrogens with zero attached hydrogens (tertiary/aromatic N) is 3. The predicted molar refractivity (Wildman–Crippen MR) is 145 cm³/mol. The Balaban J connectivity index is 1.34. The van der Waals surface area contributed by atoms with Crippen molar-refractivity contribution in [1.82, 2.24) is 15.1 Å². The molecule has 37 heavy (non-hydrogen) atoms. The van der Waals surface area contributed by atoms with Crippen molar-refractivity contribution >= 4 is 28.8 Å². The van der Waals surface area contributed by atoms with Gasteiger partial charge in [-0.3, -0.25) is 5.10 Å². The van der Waals surface area contributed by atoms with E-state index in [2.05, 4.69) is 32.8 Å². The highest BCUT2D eigenvalue weighted by Crippen LogP contribution is 2.45. The maximum Gasteiger partial charge on any atom is 0.405 e. The van der Waals surface area contributed by atoms with Gasteiger partial charge in [0.2, 0.25) is 0 Å². The Bertz CT molecular complexity index is 1190. The average Bonchev–Trinajstić information content (AvgIpc) is 3.49. The Morgan fingerprint density at radius 1 is 1.11 bits per heavy atom. The molecule has 2 aromatic carbocycles. The van der Waals surface area contributed by atoms with Crippen LogP contribution in [0.15, 0.2) is 53.4 Å². The number of piperidine rings is 1. The summed E-state index contributed by atoms with van der Waals surface area (Å²) in [5, 5.41) is 14.5. The summed E-state index contributed by atoms with van der Waals surface area (Å²) in [5.74, 6) is 0. The van der Waals surface area contributed by atoms with Crippen LogP contribution in [0.2, 0.25) is 0 Å². The van der Waals surface area contributed by atoms with E-state index in [-0.39, 0.29) is 0 Å². The Morgan fingerprint density at radius 3 is 2.57 bits per heavy atom. The second kappa shape index (κ2) is 10.9. The molecule has 0 radical (unpaired) electrons. The first kappa shape index (κ1) is 25.8. The van der Waals surface area contributed by atoms with Gasteiger partial charge in [-0.1, -0.05) is 6.07 Å². The first-order valence-corrected chi connectivity index (χ1v) is 13.8. The van der Waals surface area contributed by atoms with Gasteiger partial charge in [0.25, 0.3) is 0 Å². The summed E-state index contributed by atoms with van der Waals surface area (Å²) in [4.78, 5) is 4.95. The zero-order valence-electron chi connectivity index (χ0n) is 21.1. The quantitative estimate of drug-likeness (QED) is 0.315. The number of nitrogens with one attached hydrogen (secondary N) is 3. The lowest BCUT2D eigenvalue weighted by Crippen LogP contribution is -2.36. The molecule has 0 spiro atoms. The van der Waals surface area contributed by atoms with E-state index in [1.54, 1.807) is 17.8 Å². The van der Waals surface area contributed by atoms with Gasteiger partial charge in [-0.15, -0.1) is 11.8 Å². The van der Waals surface area contributed by atoms with Crippen LogP contribution in [-0.4, -0.2) is 60.3 Å². The summed E-state index contributed by atoms with van der Waals surface area (Å²) < 4.78 is 41.0. The van der Waals surface area contributed by atoms with E-state index in [0.29, 0.717) is 30.4 Å². The van der Waals surface area contributed by atoms with Crippen molar-refractivity contribution in [3.63, 3.8) is 0 Å². The molecule has 0 amide bonds. The molecule has 2 aliphatic rings. The molecule has 1 atom stereocenters. The van der Waals surface area contributed by atoms with Crippen LogP contribution in [-0.2, 0) is 13.0 Å². The molecule has 0 bridgehead atoms. The molecular weight excluding hydrogens is 497 g/mol. The van der Waals surface area contributed by atoms with E-state index in [1.807, 2.05) is 48.7 Å². The van der Waals surface area contributed by atoms with Crippen LogP contribution in [0.4, 0.5) is 30.2 Å². The van der Waals surface area contributed by atoms with Gasteiger partial charge in [-0.2, -0.15) is 18.3 Å². The number of rotatable bonds is 8. The summed E-state index contributed by atoms with van der Waals surface area (Å²) in [6, 6.07) is 15.5. The summed E-state index contributed by atoms with van der Waals surface area (Å²) in [6.45, 7) is 1.53. The molecule has 1 saturated heterocycles. The third-order valence-corrected chi connectivity index (χ3v) is 7.97. The third kappa shape index (κ3) is 6.18. The van der Waals surface area contributed by atoms with Crippen molar-refractivity contribution in [2.45, 2.75) is 49.0 Å². The SMILES string of the molecule is CSc1ccc(NCc2cc(C3Cc4c(NC5CCN(C)CC5)cccc4N3CC(F)(F)F)n[nH]2)cc1. The number of hydrogen-bond donors (Lipinski definition) is 3. The monoisotopic (exact) mass is 530 g/mol. The maximum absolute atomic E-state index is 13.7. The van der Waals surface area contributed by atoms with Crippen molar-refractivity contribution in [1.29, 1.82) is 0 Å². The largest absolute Gasteiger partial charge is 0.405 e. The van der Waals surface area contributed by atoms with Crippen LogP contribution in [0.25, 0.3) is 0 Å². The van der Waals surface area contributed by atoms with Gasteiger partial charge in [-0.05, 0) is 81.7 Å². The molecule has 5 rings (SSSR count). The van der Waals surface area contributed by atoms with E-state index in [9.17, 15) is 13.2 Å². The van der Waals surface area contributed by atoms with Gasteiger partial charge in [0.15, 0.2) is 0 Å². The number of H-pyrrole nitrogens is 1. The third-order valence-electron chi connectivity index (χ3n) is 7.23. The molecule has 10 heteroatoms. The molecule has 3 heterocycles. The van der Waals surface area contributed by atoms with Crippen LogP contribution < -0.4 is 15.5 Å². The Kier molecular flexibility index (Phi) is 7.57. The van der Waals surface area contributed by atoms with E-state index in [0.717, 1.165) is 48.6 Å². The average molecular weight is 531 g/mol. The van der Waals surface area contributed by atoms with E-state index in [1.165, 1.54) is 9.80 Å². The number of hydrogen-bond acceptors (Lipinski definition) is 6. The minimum Gasteiger partial charge on any atom is -0.382 e. The van der Waals surface area contributed by atoms with Gasteiger partial charge in [0.1, 0.15) is 6.54 Å². The highest BCUT2D eigenvalue weighted by Gasteiger charge is 2.40. The Morgan fingerprint density at radius 2 is 1.86 bits per heavy atom. The number of fused-ring (bicyclic) bond motifs is 1. The molecule has 2 aliphatic heterocycles. The molecule has 0 aliphatic carbocycles. The minimum absolute atomic E-state index is 0.325. The lowest BCUT2D eigenvalue weighted by molar-refractivity contribution is -0.120. The van der Waals surface area contributed by atoms with Crippen molar-refractivity contribution in [2.24, 2.45) is 0 Å². The molecular formula is C27H33F3N6S. The number of benzene rings is 2. The van der Waals surface area contributed by atoms with Crippen LogP contribution >= 0.6 is 11.8 Å². The highest BCUT2D eigenvalue weighted by molar-refractivity contribution is 7.98. The number of likely N-dealkylation sites (tertiary alicyclic amines) is 1. The summed E-state index contributed by atoms with van der Waals surface area (Å²) in [7, 11) is 2.12. The standard InChI is InChI=1S/C27H33F3N6S/c1-35-12-10-19(11-13-35)32-23-4-3-5-25-22(23)15-26(36(25)17-27(28,29)30)24-14-20(33-34-24)16-31-18-6-8-21(37-2)9-7-18/h3-9,14,19,26,31-32H,10-13,15-17H2,1-2H3,(H,33,34). The van der Waals surface area contributed by atoms with Crippen molar-refractivity contribution in [3.8, 4) is 0 Å². The molecule has 198 valence electrons. The summed E-state index contributed by atoms with van der Waals surface area (Å²) >= 11 is 1.68. The van der Waals surface area contributed by atoms with Crippen molar-refractivity contribution in [2.75, 3.05) is 48.5 Å². The zero-order valence-corrected chi connectivity index (χ0v) is 21.9. The number of anilines is 3. The van der Waals surface area contributed by atoms with Crippen molar-refractivity contribution in [3.05, 3.63) is 65.5 Å². The molecule has 3 N–H and O–H groups in total. The number of halogens is 3. The summed E-state index contributed by atoms with van der Waals surface area (Å²) in [5.41, 5.74) is 4.94. The number of aromatic amines is 1. The Labute approximate surface area is 220 Å². The van der Waals surface area contributed by atoms with E-state index >= 15 is 0 Å². The predicted octanol–water partition coefficient (Wildman–Crippen LogP) is 5.92. The van der Waals surface area contributed by atoms with Gasteiger partial charge in [0, 0.05) is 40.0 Å². The van der Waals surface area contributed by atoms with Crippen molar-refractivity contribution < 1.29 is 13.2 Å². The topological polar surface area (TPSA) is 59.2 Å². The molecule has 3 aromatic rings. The second-order valence-electron chi connectivity index (χ2n) is 9.89. The van der Waals surface area contributed by atoms with E-state index < -0.39 is 18.8 Å². The van der Waals surface area contributed by atoms with Crippen LogP contribution in [0.5, 0.6) is 0 Å². The fourth-order valence-electron chi connectivity index (χ4n) is 5.24. The zero-order chi connectivity index (χ0) is 26.0. The normalized spacial score (nSPS) is 18.7. The number of aromatic nitrogens is 2. The molecule has 0 saturated carbocycles. The second-order valence-corrected chi connectivity index (χ2v) is 10.8. The van der Waals surface area contributed by atoms with Crippen LogP contribution in [0.3, 0.4) is 0 Å². The molecule has 6 nitrogen and oxygen atoms in total. The maximum atomic E-state index is 13.7. The highest BCUT2D eigenvalue weighted by atomic mass is 32.2. The van der Waals surface area contributed by atoms with Gasteiger partial charge in [-0.25, -0.2) is 0 Å². The van der Waals surface area contributed by atoms with Crippen LogP contribution in [0.1, 0.15) is 35.8 Å². The first-order chi connectivity index (χ1) is 17.8. The van der Waals surface area contributed by atoms with Gasteiger partial charge < -0.3 is 20.4 Å².